The molecule has 0 amide bonds. The Morgan fingerprint density at radius 3 is 2.11 bits per heavy atom. The van der Waals surface area contributed by atoms with Crippen LogP contribution < -0.4 is 4.90 Å². The van der Waals surface area contributed by atoms with Crippen LogP contribution in [-0.4, -0.2) is 13.6 Å². The van der Waals surface area contributed by atoms with Crippen LogP contribution in [0.5, 0.6) is 0 Å². The summed E-state index contributed by atoms with van der Waals surface area (Å²) in [4.78, 5) is 1.31. The Balaban J connectivity index is 3.13. The Hall–Kier alpha value is -1.26. The van der Waals surface area contributed by atoms with Gasteiger partial charge in [-0.25, -0.2) is 17.6 Å². The maximum Gasteiger partial charge on any atom is 0.197 e. The molecule has 0 bridgehead atoms. The van der Waals surface area contributed by atoms with Crippen LogP contribution in [0.3, 0.4) is 0 Å². The highest BCUT2D eigenvalue weighted by Gasteiger charge is 2.25. The monoisotopic (exact) mass is 277 g/mol. The van der Waals surface area contributed by atoms with E-state index in [1.165, 1.54) is 11.9 Å². The SMILES string of the molecule is CCCC(C)CN(C)c1c(F)c(C)c(F)c(F)c1F. The van der Waals surface area contributed by atoms with Crippen molar-refractivity contribution in [2.24, 2.45) is 5.92 Å². The first-order chi connectivity index (χ1) is 8.81. The topological polar surface area (TPSA) is 3.24 Å². The van der Waals surface area contributed by atoms with Crippen LogP contribution in [0.4, 0.5) is 23.2 Å². The first-order valence-corrected chi connectivity index (χ1v) is 6.34. The number of hydrogen-bond donors (Lipinski definition) is 0. The Morgan fingerprint density at radius 2 is 1.58 bits per heavy atom. The average molecular weight is 277 g/mol. The van der Waals surface area contributed by atoms with Gasteiger partial charge in [0.05, 0.1) is 0 Å². The average Bonchev–Trinajstić information content (AvgIpc) is 2.34. The molecule has 0 N–H and O–H groups in total. The summed E-state index contributed by atoms with van der Waals surface area (Å²) in [5, 5.41) is 0. The molecule has 0 radical (unpaired) electrons. The first-order valence-electron chi connectivity index (χ1n) is 6.34. The molecular formula is C14H19F4N. The van der Waals surface area contributed by atoms with Gasteiger partial charge in [0.25, 0.3) is 0 Å². The Bertz CT molecular complexity index is 430. The van der Waals surface area contributed by atoms with Gasteiger partial charge in [0, 0.05) is 19.2 Å². The van der Waals surface area contributed by atoms with E-state index in [4.69, 9.17) is 0 Å². The predicted molar refractivity (Wildman–Crippen MR) is 68.4 cm³/mol. The van der Waals surface area contributed by atoms with Gasteiger partial charge in [-0.15, -0.1) is 0 Å². The molecule has 1 aromatic carbocycles. The van der Waals surface area contributed by atoms with Gasteiger partial charge in [-0.1, -0.05) is 20.3 Å². The lowest BCUT2D eigenvalue weighted by Gasteiger charge is -2.25. The van der Waals surface area contributed by atoms with Crippen molar-refractivity contribution in [2.45, 2.75) is 33.6 Å². The molecule has 1 atom stereocenters. The molecule has 1 rings (SSSR count). The summed E-state index contributed by atoms with van der Waals surface area (Å²) in [5.74, 6) is -5.38. The van der Waals surface area contributed by atoms with Crippen molar-refractivity contribution in [3.05, 3.63) is 28.8 Å². The summed E-state index contributed by atoms with van der Waals surface area (Å²) in [6.07, 6.45) is 1.85. The maximum atomic E-state index is 13.9. The van der Waals surface area contributed by atoms with Gasteiger partial charge >= 0.3 is 0 Å². The summed E-state index contributed by atoms with van der Waals surface area (Å²) in [6.45, 7) is 5.44. The fraction of sp³-hybridized carbons (Fsp3) is 0.571. The molecule has 1 unspecified atom stereocenters. The van der Waals surface area contributed by atoms with E-state index in [1.54, 1.807) is 0 Å². The molecule has 5 heteroatoms. The normalized spacial score (nSPS) is 12.6. The summed E-state index contributed by atoms with van der Waals surface area (Å²) in [7, 11) is 1.48. The molecule has 0 aromatic heterocycles. The third-order valence-electron chi connectivity index (χ3n) is 3.21. The van der Waals surface area contributed by atoms with Crippen molar-refractivity contribution in [1.82, 2.24) is 0 Å². The van der Waals surface area contributed by atoms with Crippen LogP contribution in [-0.2, 0) is 0 Å². The van der Waals surface area contributed by atoms with E-state index in [-0.39, 0.29) is 5.92 Å². The van der Waals surface area contributed by atoms with Gasteiger partial charge in [0.2, 0.25) is 0 Å². The third-order valence-corrected chi connectivity index (χ3v) is 3.21. The minimum absolute atomic E-state index is 0.210. The number of benzene rings is 1. The van der Waals surface area contributed by atoms with E-state index in [0.29, 0.717) is 6.54 Å². The largest absolute Gasteiger partial charge is 0.369 e. The van der Waals surface area contributed by atoms with Crippen LogP contribution in [0.15, 0.2) is 0 Å². The second-order valence-corrected chi connectivity index (χ2v) is 5.00. The lowest BCUT2D eigenvalue weighted by Crippen LogP contribution is -2.27. The lowest BCUT2D eigenvalue weighted by atomic mass is 10.0. The van der Waals surface area contributed by atoms with Gasteiger partial charge in [-0.05, 0) is 19.3 Å². The molecule has 19 heavy (non-hydrogen) atoms. The summed E-state index contributed by atoms with van der Waals surface area (Å²) < 4.78 is 54.1. The fourth-order valence-corrected chi connectivity index (χ4v) is 2.21. The number of halogens is 4. The highest BCUT2D eigenvalue weighted by atomic mass is 19.2. The first kappa shape index (κ1) is 15.8. The molecule has 0 aliphatic rings. The van der Waals surface area contributed by atoms with Crippen molar-refractivity contribution in [1.29, 1.82) is 0 Å². The van der Waals surface area contributed by atoms with Crippen LogP contribution >= 0.6 is 0 Å². The molecule has 0 aliphatic carbocycles. The smallest absolute Gasteiger partial charge is 0.197 e. The summed E-state index contributed by atoms with van der Waals surface area (Å²) >= 11 is 0. The van der Waals surface area contributed by atoms with E-state index < -0.39 is 34.5 Å². The van der Waals surface area contributed by atoms with Crippen LogP contribution in [0.2, 0.25) is 0 Å². The van der Waals surface area contributed by atoms with E-state index in [2.05, 4.69) is 0 Å². The number of nitrogens with zero attached hydrogens (tertiary/aromatic N) is 1. The molecule has 0 saturated carbocycles. The second-order valence-electron chi connectivity index (χ2n) is 5.00. The minimum atomic E-state index is -1.62. The number of hydrogen-bond acceptors (Lipinski definition) is 1. The van der Waals surface area contributed by atoms with Crippen molar-refractivity contribution in [3.63, 3.8) is 0 Å². The quantitative estimate of drug-likeness (QED) is 0.437. The Morgan fingerprint density at radius 1 is 1.00 bits per heavy atom. The number of rotatable bonds is 5. The van der Waals surface area contributed by atoms with E-state index >= 15 is 0 Å². The predicted octanol–water partition coefficient (Wildman–Crippen LogP) is 4.42. The molecule has 0 fully saturated rings. The van der Waals surface area contributed by atoms with Gasteiger partial charge < -0.3 is 4.90 Å². The zero-order valence-electron chi connectivity index (χ0n) is 11.7. The molecule has 1 aromatic rings. The van der Waals surface area contributed by atoms with Crippen LogP contribution in [0.25, 0.3) is 0 Å². The Labute approximate surface area is 111 Å². The van der Waals surface area contributed by atoms with Gasteiger partial charge in [-0.3, -0.25) is 0 Å². The lowest BCUT2D eigenvalue weighted by molar-refractivity contribution is 0.425. The zero-order valence-corrected chi connectivity index (χ0v) is 11.7. The second kappa shape index (κ2) is 6.26. The van der Waals surface area contributed by atoms with Crippen molar-refractivity contribution in [3.8, 4) is 0 Å². The van der Waals surface area contributed by atoms with Crippen molar-refractivity contribution in [2.75, 3.05) is 18.5 Å². The van der Waals surface area contributed by atoms with E-state index in [0.717, 1.165) is 19.8 Å². The van der Waals surface area contributed by atoms with Crippen LogP contribution in [0, 0.1) is 36.1 Å². The van der Waals surface area contributed by atoms with E-state index in [1.807, 2.05) is 13.8 Å². The fourth-order valence-electron chi connectivity index (χ4n) is 2.21. The minimum Gasteiger partial charge on any atom is -0.369 e. The van der Waals surface area contributed by atoms with E-state index in [9.17, 15) is 17.6 Å². The van der Waals surface area contributed by atoms with Crippen LogP contribution in [0.1, 0.15) is 32.3 Å². The molecule has 108 valence electrons. The third kappa shape index (κ3) is 3.19. The molecule has 0 spiro atoms. The molecular weight excluding hydrogens is 258 g/mol. The summed E-state index contributed by atoms with van der Waals surface area (Å²) in [6, 6.07) is 0. The zero-order chi connectivity index (χ0) is 14.7. The molecule has 0 saturated heterocycles. The van der Waals surface area contributed by atoms with Crippen molar-refractivity contribution < 1.29 is 17.6 Å². The molecule has 0 heterocycles. The standard InChI is InChI=1S/C14H19F4N/c1-5-6-8(2)7-19(4)14-11(16)9(3)10(15)12(17)13(14)18/h8H,5-7H2,1-4H3. The summed E-state index contributed by atoms with van der Waals surface area (Å²) in [5.41, 5.74) is -0.997. The van der Waals surface area contributed by atoms with Gasteiger partial charge in [0.1, 0.15) is 5.69 Å². The maximum absolute atomic E-state index is 13.9. The molecule has 0 aliphatic heterocycles. The van der Waals surface area contributed by atoms with Gasteiger partial charge in [-0.2, -0.15) is 0 Å². The highest BCUT2D eigenvalue weighted by molar-refractivity contribution is 5.52. The van der Waals surface area contributed by atoms with Crippen molar-refractivity contribution >= 4 is 5.69 Å². The highest BCUT2D eigenvalue weighted by Crippen LogP contribution is 2.30. The molecule has 1 nitrogen and oxygen atoms in total. The number of anilines is 1. The Kier molecular flexibility index (Phi) is 5.20. The van der Waals surface area contributed by atoms with Gasteiger partial charge in [0.15, 0.2) is 23.3 Å².